The van der Waals surface area contributed by atoms with Crippen LogP contribution in [0.1, 0.15) is 24.9 Å². The van der Waals surface area contributed by atoms with E-state index in [1.807, 2.05) is 0 Å². The number of hydrogen-bond donors (Lipinski definition) is 2. The van der Waals surface area contributed by atoms with E-state index in [2.05, 4.69) is 20.3 Å². The van der Waals surface area contributed by atoms with Crippen LogP contribution >= 0.6 is 23.4 Å². The largest absolute Gasteiger partial charge is 0.468 e. The van der Waals surface area contributed by atoms with Crippen molar-refractivity contribution in [3.63, 3.8) is 0 Å². The smallest absolute Gasteiger partial charge is 0.416 e. The van der Waals surface area contributed by atoms with E-state index in [1.165, 1.54) is 11.7 Å². The molecule has 1 amide bonds. The fourth-order valence-electron chi connectivity index (χ4n) is 2.36. The molecular formula is C16H17ClF3N5O3S. The third-order valence-corrected chi connectivity index (χ3v) is 5.04. The molecule has 0 aliphatic rings. The molecule has 1 aromatic carbocycles. The number of amides is 1. The number of halogens is 4. The summed E-state index contributed by atoms with van der Waals surface area (Å²) in [4.78, 5) is 24.1. The molecule has 1 aromatic heterocycles. The number of esters is 1. The van der Waals surface area contributed by atoms with Gasteiger partial charge in [0.1, 0.15) is 6.04 Å². The second-order valence-electron chi connectivity index (χ2n) is 5.68. The second kappa shape index (κ2) is 9.35. The summed E-state index contributed by atoms with van der Waals surface area (Å²) in [6, 6.07) is 1.66. The number of hydrogen-bond acceptors (Lipinski definition) is 7. The quantitative estimate of drug-likeness (QED) is 0.490. The molecule has 1 heterocycles. The molecular weight excluding hydrogens is 435 g/mol. The van der Waals surface area contributed by atoms with Crippen LogP contribution in [0.2, 0.25) is 5.02 Å². The third kappa shape index (κ3) is 5.54. The predicted octanol–water partition coefficient (Wildman–Crippen LogP) is 3.39. The number of nitrogen functional groups attached to an aromatic ring is 1. The van der Waals surface area contributed by atoms with Crippen molar-refractivity contribution in [2.24, 2.45) is 0 Å². The summed E-state index contributed by atoms with van der Waals surface area (Å²) >= 11 is 6.89. The molecule has 0 saturated carbocycles. The average Bonchev–Trinajstić information content (AvgIpc) is 3.02. The van der Waals surface area contributed by atoms with Gasteiger partial charge in [-0.2, -0.15) is 13.2 Å². The number of carbonyl (C=O) groups is 2. The van der Waals surface area contributed by atoms with Gasteiger partial charge in [0.2, 0.25) is 11.9 Å². The van der Waals surface area contributed by atoms with Crippen molar-refractivity contribution in [1.82, 2.24) is 14.8 Å². The van der Waals surface area contributed by atoms with E-state index in [0.717, 1.165) is 30.0 Å². The summed E-state index contributed by atoms with van der Waals surface area (Å²) in [7, 11) is 1.23. The average molecular weight is 452 g/mol. The van der Waals surface area contributed by atoms with Gasteiger partial charge in [-0.25, -0.2) is 0 Å². The van der Waals surface area contributed by atoms with E-state index < -0.39 is 29.7 Å². The van der Waals surface area contributed by atoms with Gasteiger partial charge in [0.15, 0.2) is 5.16 Å². The number of aromatic nitrogens is 3. The lowest BCUT2D eigenvalue weighted by Crippen LogP contribution is -2.27. The molecule has 29 heavy (non-hydrogen) atoms. The Hall–Kier alpha value is -2.47. The topological polar surface area (TPSA) is 112 Å². The van der Waals surface area contributed by atoms with Crippen LogP contribution in [0.25, 0.3) is 0 Å². The molecule has 8 nitrogen and oxygen atoms in total. The number of rotatable bonds is 7. The Bertz CT molecular complexity index is 906. The van der Waals surface area contributed by atoms with Crippen LogP contribution in [0.5, 0.6) is 0 Å². The van der Waals surface area contributed by atoms with Gasteiger partial charge in [0.05, 0.1) is 29.1 Å². The Balaban J connectivity index is 2.29. The highest BCUT2D eigenvalue weighted by molar-refractivity contribution is 7.99. The lowest BCUT2D eigenvalue weighted by atomic mass is 10.1. The number of anilines is 2. The Morgan fingerprint density at radius 2 is 2.07 bits per heavy atom. The SMILES string of the molecule is CCC(C(=O)Nc1cc(C(F)(F)F)ccc1Cl)n1c(N)nnc1SCC(=O)OC. The number of alkyl halides is 3. The summed E-state index contributed by atoms with van der Waals surface area (Å²) in [5, 5.41) is 10.1. The van der Waals surface area contributed by atoms with Crippen LogP contribution in [0, 0.1) is 0 Å². The van der Waals surface area contributed by atoms with Gasteiger partial charge in [-0.1, -0.05) is 30.3 Å². The molecule has 158 valence electrons. The van der Waals surface area contributed by atoms with Crippen LogP contribution < -0.4 is 11.1 Å². The van der Waals surface area contributed by atoms with Crippen molar-refractivity contribution in [2.45, 2.75) is 30.7 Å². The van der Waals surface area contributed by atoms with Gasteiger partial charge >= 0.3 is 12.1 Å². The fourth-order valence-corrected chi connectivity index (χ4v) is 3.35. The van der Waals surface area contributed by atoms with Crippen LogP contribution in [-0.2, 0) is 20.5 Å². The zero-order chi connectivity index (χ0) is 21.8. The van der Waals surface area contributed by atoms with Gasteiger partial charge in [0.25, 0.3) is 0 Å². The number of carbonyl (C=O) groups excluding carboxylic acids is 2. The van der Waals surface area contributed by atoms with Crippen LogP contribution in [0.15, 0.2) is 23.4 Å². The summed E-state index contributed by atoms with van der Waals surface area (Å²) in [6.07, 6.45) is -4.37. The molecule has 13 heteroatoms. The zero-order valence-electron chi connectivity index (χ0n) is 15.3. The molecule has 0 aliphatic carbocycles. The summed E-state index contributed by atoms with van der Waals surface area (Å²) in [5.74, 6) is -1.36. The molecule has 0 saturated heterocycles. The molecule has 3 N–H and O–H groups in total. The molecule has 0 radical (unpaired) electrons. The van der Waals surface area contributed by atoms with Crippen molar-refractivity contribution in [3.8, 4) is 0 Å². The van der Waals surface area contributed by atoms with Crippen molar-refractivity contribution >= 4 is 46.9 Å². The van der Waals surface area contributed by atoms with Crippen LogP contribution in [0.4, 0.5) is 24.8 Å². The van der Waals surface area contributed by atoms with E-state index in [1.54, 1.807) is 6.92 Å². The van der Waals surface area contributed by atoms with E-state index >= 15 is 0 Å². The maximum atomic E-state index is 12.9. The Morgan fingerprint density at radius 1 is 1.38 bits per heavy atom. The van der Waals surface area contributed by atoms with E-state index in [-0.39, 0.29) is 34.0 Å². The molecule has 0 bridgehead atoms. The molecule has 2 aromatic rings. The van der Waals surface area contributed by atoms with Crippen molar-refractivity contribution in [2.75, 3.05) is 23.9 Å². The number of nitrogens with two attached hydrogens (primary N) is 1. The van der Waals surface area contributed by atoms with Crippen molar-refractivity contribution in [1.29, 1.82) is 0 Å². The summed E-state index contributed by atoms with van der Waals surface area (Å²) in [6.45, 7) is 1.67. The van der Waals surface area contributed by atoms with Crippen molar-refractivity contribution < 1.29 is 27.5 Å². The molecule has 0 spiro atoms. The molecule has 2 rings (SSSR count). The minimum Gasteiger partial charge on any atom is -0.468 e. The number of nitrogens with one attached hydrogen (secondary N) is 1. The lowest BCUT2D eigenvalue weighted by molar-refractivity contribution is -0.138. The monoisotopic (exact) mass is 451 g/mol. The minimum absolute atomic E-state index is 0.0572. The molecule has 0 fully saturated rings. The number of methoxy groups -OCH3 is 1. The number of nitrogens with zero attached hydrogens (tertiary/aromatic N) is 3. The van der Waals surface area contributed by atoms with E-state index in [0.29, 0.717) is 0 Å². The Morgan fingerprint density at radius 3 is 2.66 bits per heavy atom. The lowest BCUT2D eigenvalue weighted by Gasteiger charge is -2.20. The predicted molar refractivity (Wildman–Crippen MR) is 102 cm³/mol. The molecule has 1 unspecified atom stereocenters. The van der Waals surface area contributed by atoms with Crippen molar-refractivity contribution in [3.05, 3.63) is 28.8 Å². The van der Waals surface area contributed by atoms with Gasteiger partial charge < -0.3 is 15.8 Å². The zero-order valence-corrected chi connectivity index (χ0v) is 16.9. The van der Waals surface area contributed by atoms with Crippen LogP contribution in [0.3, 0.4) is 0 Å². The maximum Gasteiger partial charge on any atom is 0.416 e. The highest BCUT2D eigenvalue weighted by atomic mass is 35.5. The van der Waals surface area contributed by atoms with Gasteiger partial charge in [0, 0.05) is 0 Å². The highest BCUT2D eigenvalue weighted by Gasteiger charge is 2.32. The van der Waals surface area contributed by atoms with Crippen LogP contribution in [-0.4, -0.2) is 39.5 Å². The maximum absolute atomic E-state index is 12.9. The summed E-state index contributed by atoms with van der Waals surface area (Å²) in [5.41, 5.74) is 4.65. The summed E-state index contributed by atoms with van der Waals surface area (Å²) < 4.78 is 44.7. The second-order valence-corrected chi connectivity index (χ2v) is 7.03. The first-order chi connectivity index (χ1) is 13.6. The standard InChI is InChI=1S/C16H17ClF3N5O3S/c1-3-11(25-14(21)23-24-15(25)29-7-12(26)28-2)13(27)22-10-6-8(16(18,19)20)4-5-9(10)17/h4-6,11H,3,7H2,1-2H3,(H2,21,23)(H,22,27). The highest BCUT2D eigenvalue weighted by Crippen LogP contribution is 2.34. The number of thioether (sulfide) groups is 1. The van der Waals surface area contributed by atoms with E-state index in [4.69, 9.17) is 17.3 Å². The fraction of sp³-hybridized carbons (Fsp3) is 0.375. The number of benzene rings is 1. The third-order valence-electron chi connectivity index (χ3n) is 3.79. The first-order valence-electron chi connectivity index (χ1n) is 8.16. The normalized spacial score (nSPS) is 12.5. The number of ether oxygens (including phenoxy) is 1. The Kier molecular flexibility index (Phi) is 7.36. The first kappa shape index (κ1) is 22.8. The van der Waals surface area contributed by atoms with Gasteiger partial charge in [-0.05, 0) is 24.6 Å². The van der Waals surface area contributed by atoms with Gasteiger partial charge in [-0.15, -0.1) is 10.2 Å². The van der Waals surface area contributed by atoms with Gasteiger partial charge in [-0.3, -0.25) is 14.2 Å². The molecule has 0 aliphatic heterocycles. The Labute approximate surface area is 172 Å². The first-order valence-corrected chi connectivity index (χ1v) is 9.52. The van der Waals surface area contributed by atoms with E-state index in [9.17, 15) is 22.8 Å². The molecule has 1 atom stereocenters. The minimum atomic E-state index is -4.59.